The zero-order valence-corrected chi connectivity index (χ0v) is 17.4. The summed E-state index contributed by atoms with van der Waals surface area (Å²) in [6.07, 6.45) is 2.07. The van der Waals surface area contributed by atoms with Crippen LogP contribution < -0.4 is 15.8 Å². The van der Waals surface area contributed by atoms with Crippen LogP contribution in [0.2, 0.25) is 5.02 Å². The average molecular weight is 420 g/mol. The number of hydrogen-bond acceptors (Lipinski definition) is 4. The predicted molar refractivity (Wildman–Crippen MR) is 120 cm³/mol. The molecule has 0 aliphatic rings. The van der Waals surface area contributed by atoms with E-state index in [1.54, 1.807) is 24.3 Å². The van der Waals surface area contributed by atoms with Gasteiger partial charge in [-0.05, 0) is 42.3 Å². The van der Waals surface area contributed by atoms with Crippen LogP contribution in [0.15, 0.2) is 79.6 Å². The molecule has 0 saturated heterocycles. The number of allylic oxidation sites excluding steroid dienone is 1. The van der Waals surface area contributed by atoms with Crippen molar-refractivity contribution in [3.8, 4) is 11.6 Å². The number of aromatic nitrogens is 1. The largest absolute Gasteiger partial charge is 0.437 e. The maximum atomic E-state index is 11.5. The van der Waals surface area contributed by atoms with E-state index < -0.39 is 5.91 Å². The van der Waals surface area contributed by atoms with Crippen LogP contribution in [0.5, 0.6) is 11.6 Å². The molecule has 0 aliphatic heterocycles. The zero-order valence-electron chi connectivity index (χ0n) is 16.6. The molecule has 2 aromatic carbocycles. The Hall–Kier alpha value is -3.57. The van der Waals surface area contributed by atoms with Crippen molar-refractivity contribution in [2.24, 2.45) is 5.73 Å². The van der Waals surface area contributed by atoms with E-state index in [-0.39, 0.29) is 11.4 Å². The molecule has 0 fully saturated rings. The summed E-state index contributed by atoms with van der Waals surface area (Å²) < 4.78 is 5.70. The summed E-state index contributed by atoms with van der Waals surface area (Å²) in [7, 11) is 0. The monoisotopic (exact) mass is 419 g/mol. The van der Waals surface area contributed by atoms with Crippen molar-refractivity contribution in [3.05, 3.63) is 107 Å². The molecule has 0 radical (unpaired) electrons. The van der Waals surface area contributed by atoms with Crippen molar-refractivity contribution in [1.29, 1.82) is 0 Å². The Morgan fingerprint density at radius 1 is 1.13 bits per heavy atom. The van der Waals surface area contributed by atoms with E-state index >= 15 is 0 Å². The summed E-state index contributed by atoms with van der Waals surface area (Å²) in [5, 5.41) is 3.64. The Labute approximate surface area is 180 Å². The first-order chi connectivity index (χ1) is 14.3. The molecule has 3 rings (SSSR count). The second-order valence-electron chi connectivity index (χ2n) is 6.79. The lowest BCUT2D eigenvalue weighted by Crippen LogP contribution is -2.13. The Morgan fingerprint density at radius 3 is 2.57 bits per heavy atom. The first kappa shape index (κ1) is 21.1. The predicted octanol–water partition coefficient (Wildman–Crippen LogP) is 5.25. The van der Waals surface area contributed by atoms with Crippen molar-refractivity contribution in [3.63, 3.8) is 0 Å². The average Bonchev–Trinajstić information content (AvgIpc) is 2.70. The molecule has 1 amide bonds. The van der Waals surface area contributed by atoms with Gasteiger partial charge in [-0.2, -0.15) is 0 Å². The van der Waals surface area contributed by atoms with Crippen LogP contribution in [0.4, 0.5) is 0 Å². The molecule has 0 bridgehead atoms. The molecular formula is C24H22ClN3O2. The van der Waals surface area contributed by atoms with Gasteiger partial charge in [-0.25, -0.2) is 4.98 Å². The van der Waals surface area contributed by atoms with Crippen molar-refractivity contribution in [2.75, 3.05) is 0 Å². The molecule has 30 heavy (non-hydrogen) atoms. The van der Waals surface area contributed by atoms with Crippen LogP contribution in [-0.4, -0.2) is 10.9 Å². The van der Waals surface area contributed by atoms with E-state index in [2.05, 4.69) is 23.5 Å². The van der Waals surface area contributed by atoms with Gasteiger partial charge in [-0.1, -0.05) is 55.1 Å². The number of ether oxygens (including phenoxy) is 1. The summed E-state index contributed by atoms with van der Waals surface area (Å²) in [4.78, 5) is 15.6. The number of hydrogen-bond donors (Lipinski definition) is 2. The number of carbonyl (C=O) groups is 1. The molecule has 0 aliphatic carbocycles. The fraction of sp³-hybridized carbons (Fsp3) is 0.0833. The minimum absolute atomic E-state index is 0.111. The summed E-state index contributed by atoms with van der Waals surface area (Å²) in [5.74, 6) is -0.133. The first-order valence-electron chi connectivity index (χ1n) is 9.26. The number of rotatable bonds is 8. The third kappa shape index (κ3) is 5.07. The number of benzene rings is 2. The second kappa shape index (κ2) is 9.29. The van der Waals surface area contributed by atoms with E-state index in [0.717, 1.165) is 28.1 Å². The fourth-order valence-corrected chi connectivity index (χ4v) is 3.23. The SMILES string of the molecule is C=C(Cc1ccc(Oc2ncccc2C(N)=O)c(Cl)c1)NC(=C)c1ccccc1C. The smallest absolute Gasteiger partial charge is 0.254 e. The van der Waals surface area contributed by atoms with Gasteiger partial charge in [0.1, 0.15) is 11.3 Å². The first-order valence-corrected chi connectivity index (χ1v) is 9.63. The number of pyridine rings is 1. The highest BCUT2D eigenvalue weighted by Crippen LogP contribution is 2.31. The number of primary amides is 1. The lowest BCUT2D eigenvalue weighted by molar-refractivity contribution is 0.0997. The molecular weight excluding hydrogens is 398 g/mol. The zero-order chi connectivity index (χ0) is 21.7. The lowest BCUT2D eigenvalue weighted by atomic mass is 10.1. The number of carbonyl (C=O) groups excluding carboxylic acids is 1. The maximum absolute atomic E-state index is 11.5. The quantitative estimate of drug-likeness (QED) is 0.522. The van der Waals surface area contributed by atoms with Gasteiger partial charge in [0.05, 0.1) is 5.02 Å². The normalized spacial score (nSPS) is 10.3. The van der Waals surface area contributed by atoms with E-state index in [1.165, 1.54) is 6.20 Å². The van der Waals surface area contributed by atoms with Crippen LogP contribution in [0, 0.1) is 6.92 Å². The third-order valence-corrected chi connectivity index (χ3v) is 4.75. The summed E-state index contributed by atoms with van der Waals surface area (Å²) in [6.45, 7) is 10.2. The maximum Gasteiger partial charge on any atom is 0.254 e. The standard InChI is InChI=1S/C24H22ClN3O2/c1-15-7-4-5-8-19(15)17(3)28-16(2)13-18-10-11-22(21(25)14-18)30-24-20(23(26)29)9-6-12-27-24/h4-12,14,28H,2-3,13H2,1H3,(H2,26,29). The van der Waals surface area contributed by atoms with Crippen molar-refractivity contribution >= 4 is 23.2 Å². The van der Waals surface area contributed by atoms with Crippen LogP contribution in [-0.2, 0) is 6.42 Å². The molecule has 152 valence electrons. The van der Waals surface area contributed by atoms with Crippen LogP contribution in [0.3, 0.4) is 0 Å². The number of nitrogens with two attached hydrogens (primary N) is 1. The number of aryl methyl sites for hydroxylation is 1. The number of nitrogens with zero attached hydrogens (tertiary/aromatic N) is 1. The van der Waals surface area contributed by atoms with E-state index in [9.17, 15) is 4.79 Å². The molecule has 0 unspecified atom stereocenters. The minimum atomic E-state index is -0.623. The van der Waals surface area contributed by atoms with Crippen LogP contribution >= 0.6 is 11.6 Å². The molecule has 3 N–H and O–H groups in total. The van der Waals surface area contributed by atoms with Crippen molar-refractivity contribution in [1.82, 2.24) is 10.3 Å². The van der Waals surface area contributed by atoms with E-state index in [0.29, 0.717) is 17.2 Å². The van der Waals surface area contributed by atoms with Gasteiger partial charge in [0, 0.05) is 29.6 Å². The van der Waals surface area contributed by atoms with Gasteiger partial charge in [0.15, 0.2) is 0 Å². The van der Waals surface area contributed by atoms with Crippen LogP contribution in [0.1, 0.15) is 27.0 Å². The Balaban J connectivity index is 1.68. The minimum Gasteiger partial charge on any atom is -0.437 e. The molecule has 1 aromatic heterocycles. The van der Waals surface area contributed by atoms with Gasteiger partial charge >= 0.3 is 0 Å². The lowest BCUT2D eigenvalue weighted by Gasteiger charge is -2.15. The molecule has 3 aromatic rings. The van der Waals surface area contributed by atoms with E-state index in [1.807, 2.05) is 37.3 Å². The number of amides is 1. The third-order valence-electron chi connectivity index (χ3n) is 4.45. The Morgan fingerprint density at radius 2 is 1.87 bits per heavy atom. The molecule has 0 atom stereocenters. The van der Waals surface area contributed by atoms with Gasteiger partial charge in [-0.15, -0.1) is 0 Å². The van der Waals surface area contributed by atoms with Gasteiger partial charge < -0.3 is 15.8 Å². The second-order valence-corrected chi connectivity index (χ2v) is 7.19. The molecule has 1 heterocycles. The summed E-state index contributed by atoms with van der Waals surface area (Å²) in [6, 6.07) is 16.6. The Kier molecular flexibility index (Phi) is 6.54. The molecule has 0 spiro atoms. The van der Waals surface area contributed by atoms with Crippen molar-refractivity contribution < 1.29 is 9.53 Å². The van der Waals surface area contributed by atoms with Gasteiger partial charge in [0.25, 0.3) is 5.91 Å². The highest BCUT2D eigenvalue weighted by molar-refractivity contribution is 6.32. The van der Waals surface area contributed by atoms with Crippen molar-refractivity contribution in [2.45, 2.75) is 13.3 Å². The Bertz CT molecular complexity index is 1120. The summed E-state index contributed by atoms with van der Waals surface area (Å²) in [5.41, 5.74) is 10.2. The highest BCUT2D eigenvalue weighted by atomic mass is 35.5. The fourth-order valence-electron chi connectivity index (χ4n) is 2.98. The number of halogens is 1. The van der Waals surface area contributed by atoms with Gasteiger partial charge in [-0.3, -0.25) is 4.79 Å². The molecule has 5 nitrogen and oxygen atoms in total. The van der Waals surface area contributed by atoms with E-state index in [4.69, 9.17) is 22.1 Å². The number of nitrogens with one attached hydrogen (secondary N) is 1. The highest BCUT2D eigenvalue weighted by Gasteiger charge is 2.13. The summed E-state index contributed by atoms with van der Waals surface area (Å²) >= 11 is 6.38. The molecule has 6 heteroatoms. The topological polar surface area (TPSA) is 77.2 Å². The molecule has 0 saturated carbocycles. The van der Waals surface area contributed by atoms with Gasteiger partial charge in [0.2, 0.25) is 5.88 Å². The van der Waals surface area contributed by atoms with Crippen LogP contribution in [0.25, 0.3) is 5.70 Å².